The lowest BCUT2D eigenvalue weighted by Gasteiger charge is -2.14. The van der Waals surface area contributed by atoms with Gasteiger partial charge in [-0.2, -0.15) is 0 Å². The molecule has 66 valence electrons. The molecule has 1 rings (SSSR count). The molecule has 0 aromatic heterocycles. The molecule has 1 aliphatic heterocycles. The average molecular weight is 177 g/mol. The SMILES string of the molecule is C[C@@H]1O[C@H](CN(C)C)CS1=O. The van der Waals surface area contributed by atoms with Gasteiger partial charge in [0.05, 0.1) is 22.7 Å². The van der Waals surface area contributed by atoms with Crippen molar-refractivity contribution in [2.24, 2.45) is 0 Å². The Kier molecular flexibility index (Phi) is 3.04. The molecule has 0 amide bonds. The molecule has 0 spiro atoms. The Balaban J connectivity index is 2.35. The highest BCUT2D eigenvalue weighted by Crippen LogP contribution is 2.14. The van der Waals surface area contributed by atoms with Crippen LogP contribution in [0, 0.1) is 0 Å². The predicted octanol–water partition coefficient (Wildman–Crippen LogP) is 0.0415. The van der Waals surface area contributed by atoms with Gasteiger partial charge in [-0.15, -0.1) is 0 Å². The monoisotopic (exact) mass is 177 g/mol. The zero-order valence-corrected chi connectivity index (χ0v) is 8.06. The zero-order valence-electron chi connectivity index (χ0n) is 7.24. The highest BCUT2D eigenvalue weighted by Gasteiger charge is 2.28. The van der Waals surface area contributed by atoms with Crippen LogP contribution in [-0.4, -0.2) is 47.0 Å². The van der Waals surface area contributed by atoms with Crippen molar-refractivity contribution in [3.63, 3.8) is 0 Å². The first kappa shape index (κ1) is 9.16. The van der Waals surface area contributed by atoms with E-state index >= 15 is 0 Å². The second-order valence-electron chi connectivity index (χ2n) is 3.14. The van der Waals surface area contributed by atoms with E-state index in [0.717, 1.165) is 6.54 Å². The molecule has 1 unspecified atom stereocenters. The molecular weight excluding hydrogens is 162 g/mol. The highest BCUT2D eigenvalue weighted by molar-refractivity contribution is 7.85. The second-order valence-corrected chi connectivity index (χ2v) is 4.89. The molecule has 3 atom stereocenters. The van der Waals surface area contributed by atoms with Crippen molar-refractivity contribution < 1.29 is 8.95 Å². The van der Waals surface area contributed by atoms with Crippen molar-refractivity contribution in [2.45, 2.75) is 18.5 Å². The maximum Gasteiger partial charge on any atom is 0.130 e. The molecule has 0 radical (unpaired) electrons. The second kappa shape index (κ2) is 3.65. The smallest absolute Gasteiger partial charge is 0.130 e. The summed E-state index contributed by atoms with van der Waals surface area (Å²) in [6.45, 7) is 2.74. The molecule has 0 N–H and O–H groups in total. The third kappa shape index (κ3) is 2.54. The Bertz CT molecular complexity index is 161. The van der Waals surface area contributed by atoms with Gasteiger partial charge in [-0.25, -0.2) is 0 Å². The molecule has 0 saturated carbocycles. The van der Waals surface area contributed by atoms with Crippen molar-refractivity contribution in [3.05, 3.63) is 0 Å². The number of hydrogen-bond donors (Lipinski definition) is 0. The molecule has 3 nitrogen and oxygen atoms in total. The molecule has 1 saturated heterocycles. The first-order chi connectivity index (χ1) is 5.09. The lowest BCUT2D eigenvalue weighted by atomic mass is 10.4. The van der Waals surface area contributed by atoms with Crippen LogP contribution in [0.5, 0.6) is 0 Å². The van der Waals surface area contributed by atoms with Crippen LogP contribution >= 0.6 is 0 Å². The Morgan fingerprint density at radius 2 is 2.27 bits per heavy atom. The van der Waals surface area contributed by atoms with Crippen molar-refractivity contribution in [1.82, 2.24) is 4.90 Å². The van der Waals surface area contributed by atoms with E-state index in [1.807, 2.05) is 21.0 Å². The molecule has 0 aliphatic carbocycles. The molecule has 11 heavy (non-hydrogen) atoms. The van der Waals surface area contributed by atoms with Crippen LogP contribution < -0.4 is 0 Å². The quantitative estimate of drug-likeness (QED) is 0.596. The minimum Gasteiger partial charge on any atom is -0.360 e. The number of rotatable bonds is 2. The maximum atomic E-state index is 11.1. The Morgan fingerprint density at radius 1 is 1.64 bits per heavy atom. The van der Waals surface area contributed by atoms with E-state index in [2.05, 4.69) is 4.90 Å². The summed E-state index contributed by atoms with van der Waals surface area (Å²) in [6, 6.07) is 0. The summed E-state index contributed by atoms with van der Waals surface area (Å²) in [5.74, 6) is 0.694. The molecule has 1 aliphatic rings. The van der Waals surface area contributed by atoms with Crippen LogP contribution in [0.2, 0.25) is 0 Å². The molecule has 0 aromatic carbocycles. The third-order valence-electron chi connectivity index (χ3n) is 1.67. The molecular formula is C7H15NO2S. The minimum absolute atomic E-state index is 0.0695. The van der Waals surface area contributed by atoms with Crippen LogP contribution in [0.4, 0.5) is 0 Å². The summed E-state index contributed by atoms with van der Waals surface area (Å²) >= 11 is 0. The number of hydrogen-bond acceptors (Lipinski definition) is 3. The van der Waals surface area contributed by atoms with E-state index in [-0.39, 0.29) is 11.5 Å². The van der Waals surface area contributed by atoms with Crippen molar-refractivity contribution >= 4 is 10.8 Å². The predicted molar refractivity (Wildman–Crippen MR) is 45.9 cm³/mol. The summed E-state index contributed by atoms with van der Waals surface area (Å²) in [5, 5.41) is 0. The molecule has 1 fully saturated rings. The summed E-state index contributed by atoms with van der Waals surface area (Å²) in [5.41, 5.74) is -0.0695. The van der Waals surface area contributed by atoms with Gasteiger partial charge in [0.25, 0.3) is 0 Å². The van der Waals surface area contributed by atoms with Gasteiger partial charge in [-0.3, -0.25) is 4.21 Å². The molecule has 0 aromatic rings. The third-order valence-corrected chi connectivity index (χ3v) is 3.23. The van der Waals surface area contributed by atoms with E-state index in [1.165, 1.54) is 0 Å². The topological polar surface area (TPSA) is 29.5 Å². The Hall–Kier alpha value is 0.0700. The first-order valence-corrected chi connectivity index (χ1v) is 5.15. The van der Waals surface area contributed by atoms with E-state index in [1.54, 1.807) is 0 Å². The maximum absolute atomic E-state index is 11.1. The van der Waals surface area contributed by atoms with E-state index in [4.69, 9.17) is 4.74 Å². The summed E-state index contributed by atoms with van der Waals surface area (Å²) in [7, 11) is 3.23. The average Bonchev–Trinajstić information content (AvgIpc) is 2.10. The lowest BCUT2D eigenvalue weighted by molar-refractivity contribution is 0.0571. The van der Waals surface area contributed by atoms with Gasteiger partial charge in [0.2, 0.25) is 0 Å². The standard InChI is InChI=1S/C7H15NO2S/c1-6-10-7(4-8(2)3)5-11(6)9/h6-7H,4-5H2,1-3H3/t6-,7-,11?/m1/s1. The fourth-order valence-electron chi connectivity index (χ4n) is 1.19. The first-order valence-electron chi connectivity index (χ1n) is 3.77. The van der Waals surface area contributed by atoms with Gasteiger partial charge in [0, 0.05) is 6.54 Å². The minimum atomic E-state index is -0.763. The van der Waals surface area contributed by atoms with Gasteiger partial charge < -0.3 is 9.64 Å². The highest BCUT2D eigenvalue weighted by atomic mass is 32.2. The number of nitrogens with zero attached hydrogens (tertiary/aromatic N) is 1. The van der Waals surface area contributed by atoms with Crippen LogP contribution in [0.15, 0.2) is 0 Å². The number of likely N-dealkylation sites (N-methyl/N-ethyl adjacent to an activating group) is 1. The van der Waals surface area contributed by atoms with Crippen LogP contribution in [0.1, 0.15) is 6.92 Å². The van der Waals surface area contributed by atoms with Gasteiger partial charge in [0.1, 0.15) is 5.44 Å². The van der Waals surface area contributed by atoms with Crippen LogP contribution in [0.3, 0.4) is 0 Å². The summed E-state index contributed by atoms with van der Waals surface area (Å²) in [6.07, 6.45) is 0.167. The fraction of sp³-hybridized carbons (Fsp3) is 1.00. The van der Waals surface area contributed by atoms with Crippen molar-refractivity contribution in [2.75, 3.05) is 26.4 Å². The number of ether oxygens (including phenoxy) is 1. The molecule has 4 heteroatoms. The Labute approximate surface area is 70.2 Å². The fourth-order valence-corrected chi connectivity index (χ4v) is 2.30. The summed E-state index contributed by atoms with van der Waals surface area (Å²) in [4.78, 5) is 2.06. The van der Waals surface area contributed by atoms with Gasteiger partial charge >= 0.3 is 0 Å². The van der Waals surface area contributed by atoms with Gasteiger partial charge in [-0.05, 0) is 21.0 Å². The summed E-state index contributed by atoms with van der Waals surface area (Å²) < 4.78 is 16.6. The normalized spacial score (nSPS) is 38.4. The van der Waals surface area contributed by atoms with E-state index in [9.17, 15) is 4.21 Å². The van der Waals surface area contributed by atoms with E-state index in [0.29, 0.717) is 5.75 Å². The largest absolute Gasteiger partial charge is 0.360 e. The van der Waals surface area contributed by atoms with Crippen molar-refractivity contribution in [1.29, 1.82) is 0 Å². The van der Waals surface area contributed by atoms with Crippen LogP contribution in [-0.2, 0) is 15.5 Å². The van der Waals surface area contributed by atoms with Gasteiger partial charge in [-0.1, -0.05) is 0 Å². The lowest BCUT2D eigenvalue weighted by Crippen LogP contribution is -2.27. The van der Waals surface area contributed by atoms with Crippen LogP contribution in [0.25, 0.3) is 0 Å². The molecule has 0 bridgehead atoms. The van der Waals surface area contributed by atoms with Gasteiger partial charge in [0.15, 0.2) is 0 Å². The molecule has 1 heterocycles. The zero-order chi connectivity index (χ0) is 8.43. The van der Waals surface area contributed by atoms with Crippen molar-refractivity contribution in [3.8, 4) is 0 Å². The Morgan fingerprint density at radius 3 is 2.64 bits per heavy atom. The van der Waals surface area contributed by atoms with E-state index < -0.39 is 10.8 Å².